The Morgan fingerprint density at radius 2 is 1.86 bits per heavy atom. The zero-order valence-electron chi connectivity index (χ0n) is 18.7. The van der Waals surface area contributed by atoms with Crippen LogP contribution in [0.25, 0.3) is 22.5 Å². The van der Waals surface area contributed by atoms with Gasteiger partial charge in [0.1, 0.15) is 10.6 Å². The molecule has 0 aliphatic rings. The maximum absolute atomic E-state index is 12.8. The number of ether oxygens (including phenoxy) is 1. The van der Waals surface area contributed by atoms with Crippen LogP contribution in [0.1, 0.15) is 17.3 Å². The lowest BCUT2D eigenvalue weighted by molar-refractivity contribution is -0.113. The lowest BCUT2D eigenvalue weighted by Crippen LogP contribution is -2.16. The molecule has 7 nitrogen and oxygen atoms in total. The minimum absolute atomic E-state index is 0.0820. The van der Waals surface area contributed by atoms with Gasteiger partial charge in [-0.25, -0.2) is 4.79 Å². The molecule has 0 unspecified atom stereocenters. The number of carbonyl (C=O) groups excluding carboxylic acids is 2. The van der Waals surface area contributed by atoms with Crippen molar-refractivity contribution in [3.63, 3.8) is 0 Å². The number of thioether (sulfide) groups is 1. The number of aromatic nitrogens is 3. The number of esters is 1. The van der Waals surface area contributed by atoms with Gasteiger partial charge in [-0.2, -0.15) is 0 Å². The molecule has 11 heteroatoms. The minimum Gasteiger partial charge on any atom is -0.465 e. The van der Waals surface area contributed by atoms with Gasteiger partial charge in [-0.15, -0.1) is 21.5 Å². The molecule has 4 aromatic rings. The molecule has 0 atom stereocenters. The van der Waals surface area contributed by atoms with Crippen LogP contribution in [0.4, 0.5) is 5.00 Å². The van der Waals surface area contributed by atoms with Crippen LogP contribution in [0.3, 0.4) is 0 Å². The average molecular weight is 547 g/mol. The molecule has 0 fully saturated rings. The third-order valence-corrected chi connectivity index (χ3v) is 7.66. The zero-order chi connectivity index (χ0) is 24.9. The van der Waals surface area contributed by atoms with Crippen LogP contribution in [0.2, 0.25) is 10.0 Å². The highest BCUT2D eigenvalue weighted by Gasteiger charge is 2.23. The Balaban J connectivity index is 1.50. The van der Waals surface area contributed by atoms with Gasteiger partial charge in [-0.1, -0.05) is 65.3 Å². The van der Waals surface area contributed by atoms with Crippen LogP contribution in [-0.2, 0) is 16.1 Å². The van der Waals surface area contributed by atoms with Crippen LogP contribution in [0.15, 0.2) is 59.1 Å². The maximum Gasteiger partial charge on any atom is 0.341 e. The molecule has 2 heterocycles. The Labute approximate surface area is 220 Å². The smallest absolute Gasteiger partial charge is 0.341 e. The van der Waals surface area contributed by atoms with E-state index in [-0.39, 0.29) is 11.7 Å². The molecule has 0 radical (unpaired) electrons. The van der Waals surface area contributed by atoms with Gasteiger partial charge in [-0.3, -0.25) is 4.79 Å². The monoisotopic (exact) mass is 546 g/mol. The highest BCUT2D eigenvalue weighted by molar-refractivity contribution is 7.99. The Morgan fingerprint density at radius 3 is 2.54 bits per heavy atom. The van der Waals surface area contributed by atoms with Gasteiger partial charge in [0, 0.05) is 23.1 Å². The second-order valence-corrected chi connectivity index (χ2v) is 9.86. The lowest BCUT2D eigenvalue weighted by atomic mass is 10.0. The minimum atomic E-state index is -0.509. The number of anilines is 1. The first-order valence-electron chi connectivity index (χ1n) is 10.5. The quantitative estimate of drug-likeness (QED) is 0.200. The molecule has 0 spiro atoms. The zero-order valence-corrected chi connectivity index (χ0v) is 21.9. The normalized spacial score (nSPS) is 10.9. The van der Waals surface area contributed by atoms with Crippen molar-refractivity contribution in [2.75, 3.05) is 18.2 Å². The summed E-state index contributed by atoms with van der Waals surface area (Å²) in [5.74, 6) is -0.0697. The molecule has 2 aromatic heterocycles. The van der Waals surface area contributed by atoms with Gasteiger partial charge < -0.3 is 14.6 Å². The van der Waals surface area contributed by atoms with E-state index in [9.17, 15) is 9.59 Å². The van der Waals surface area contributed by atoms with E-state index < -0.39 is 5.97 Å². The molecule has 2 aromatic carbocycles. The summed E-state index contributed by atoms with van der Waals surface area (Å²) in [4.78, 5) is 25.3. The second kappa shape index (κ2) is 11.3. The Bertz CT molecular complexity index is 1370. The third kappa shape index (κ3) is 5.54. The number of hydrogen-bond acceptors (Lipinski definition) is 7. The lowest BCUT2D eigenvalue weighted by Gasteiger charge is -2.09. The van der Waals surface area contributed by atoms with Crippen molar-refractivity contribution in [3.8, 4) is 22.5 Å². The van der Waals surface area contributed by atoms with Gasteiger partial charge in [-0.05, 0) is 30.7 Å². The number of nitrogens with one attached hydrogen (secondary N) is 1. The van der Waals surface area contributed by atoms with E-state index in [1.54, 1.807) is 12.1 Å². The summed E-state index contributed by atoms with van der Waals surface area (Å²) >= 11 is 14.7. The van der Waals surface area contributed by atoms with Gasteiger partial charge in [0.25, 0.3) is 0 Å². The van der Waals surface area contributed by atoms with Crippen molar-refractivity contribution >= 4 is 63.2 Å². The summed E-state index contributed by atoms with van der Waals surface area (Å²) in [7, 11) is 1.32. The number of hydrogen-bond donors (Lipinski definition) is 1. The number of thiophene rings is 1. The molecule has 180 valence electrons. The Kier molecular flexibility index (Phi) is 8.12. The van der Waals surface area contributed by atoms with E-state index in [2.05, 4.69) is 15.5 Å². The summed E-state index contributed by atoms with van der Waals surface area (Å²) < 4.78 is 6.87. The molecular formula is C24H20Cl2N4O3S2. The van der Waals surface area contributed by atoms with Crippen molar-refractivity contribution < 1.29 is 14.3 Å². The van der Waals surface area contributed by atoms with Crippen molar-refractivity contribution in [1.29, 1.82) is 0 Å². The molecule has 0 aliphatic heterocycles. The number of halogens is 2. The summed E-state index contributed by atoms with van der Waals surface area (Å²) in [6.45, 7) is 2.57. The molecule has 4 rings (SSSR count). The van der Waals surface area contributed by atoms with E-state index in [0.717, 1.165) is 11.1 Å². The first-order valence-corrected chi connectivity index (χ1v) is 13.1. The standard InChI is InChI=1S/C24H20Cl2N4O3S2/c1-3-30-21(15-9-10-17(25)18(26)11-15)28-29-24(30)35-13-19(31)27-22-20(23(32)33-2)16(12-34-22)14-7-5-4-6-8-14/h4-12H,3,13H2,1-2H3,(H,27,31). The Morgan fingerprint density at radius 1 is 1.09 bits per heavy atom. The first-order chi connectivity index (χ1) is 16.9. The van der Waals surface area contributed by atoms with Gasteiger partial charge in [0.05, 0.1) is 22.9 Å². The van der Waals surface area contributed by atoms with E-state index in [4.69, 9.17) is 27.9 Å². The molecule has 1 amide bonds. The molecule has 0 bridgehead atoms. The van der Waals surface area contributed by atoms with E-state index in [0.29, 0.717) is 43.7 Å². The summed E-state index contributed by atoms with van der Waals surface area (Å²) in [6, 6.07) is 14.7. The van der Waals surface area contributed by atoms with Crippen molar-refractivity contribution in [2.45, 2.75) is 18.6 Å². The highest BCUT2D eigenvalue weighted by atomic mass is 35.5. The van der Waals surface area contributed by atoms with Crippen LogP contribution in [0.5, 0.6) is 0 Å². The van der Waals surface area contributed by atoms with Crippen molar-refractivity contribution in [2.24, 2.45) is 0 Å². The number of benzene rings is 2. The van der Waals surface area contributed by atoms with Crippen LogP contribution < -0.4 is 5.32 Å². The fourth-order valence-electron chi connectivity index (χ4n) is 3.41. The predicted molar refractivity (Wildman–Crippen MR) is 142 cm³/mol. The van der Waals surface area contributed by atoms with Gasteiger partial charge >= 0.3 is 5.97 Å². The molecule has 1 N–H and O–H groups in total. The number of amides is 1. The molecule has 35 heavy (non-hydrogen) atoms. The topological polar surface area (TPSA) is 86.1 Å². The summed E-state index contributed by atoms with van der Waals surface area (Å²) in [5.41, 5.74) is 2.69. The largest absolute Gasteiger partial charge is 0.465 e. The van der Waals surface area contributed by atoms with E-state index in [1.807, 2.05) is 53.3 Å². The number of methoxy groups -OCH3 is 1. The Hall–Kier alpha value is -2.85. The number of nitrogens with zero attached hydrogens (tertiary/aromatic N) is 3. The van der Waals surface area contributed by atoms with Gasteiger partial charge in [0.2, 0.25) is 5.91 Å². The summed E-state index contributed by atoms with van der Waals surface area (Å²) in [6.07, 6.45) is 0. The molecule has 0 saturated heterocycles. The SMILES string of the molecule is CCn1c(SCC(=O)Nc2scc(-c3ccccc3)c2C(=O)OC)nnc1-c1ccc(Cl)c(Cl)c1. The second-order valence-electron chi connectivity index (χ2n) is 7.23. The number of carbonyl (C=O) groups is 2. The van der Waals surface area contributed by atoms with E-state index in [1.165, 1.54) is 30.2 Å². The van der Waals surface area contributed by atoms with Crippen LogP contribution >= 0.6 is 46.3 Å². The highest BCUT2D eigenvalue weighted by Crippen LogP contribution is 2.36. The fourth-order valence-corrected chi connectivity index (χ4v) is 5.48. The first kappa shape index (κ1) is 25.2. The van der Waals surface area contributed by atoms with Crippen molar-refractivity contribution in [3.05, 3.63) is 69.5 Å². The maximum atomic E-state index is 12.8. The molecular weight excluding hydrogens is 527 g/mol. The number of rotatable bonds is 8. The van der Waals surface area contributed by atoms with Gasteiger partial charge in [0.15, 0.2) is 11.0 Å². The fraction of sp³-hybridized carbons (Fsp3) is 0.167. The average Bonchev–Trinajstić information content (AvgIpc) is 3.48. The van der Waals surface area contributed by atoms with Crippen LogP contribution in [-0.4, -0.2) is 39.5 Å². The molecule has 0 aliphatic carbocycles. The third-order valence-electron chi connectivity index (χ3n) is 5.06. The van der Waals surface area contributed by atoms with E-state index >= 15 is 0 Å². The predicted octanol–water partition coefficient (Wildman–Crippen LogP) is 6.52. The molecule has 0 saturated carbocycles. The van der Waals surface area contributed by atoms with Crippen molar-refractivity contribution in [1.82, 2.24) is 14.8 Å². The van der Waals surface area contributed by atoms with Crippen LogP contribution in [0, 0.1) is 0 Å². The summed E-state index contributed by atoms with van der Waals surface area (Å²) in [5, 5.41) is 15.1.